The number of hydrogen-bond donors (Lipinski definition) is 1. The van der Waals surface area contributed by atoms with Gasteiger partial charge in [-0.2, -0.15) is 0 Å². The molecule has 0 bridgehead atoms. The third-order valence-electron chi connectivity index (χ3n) is 4.42. The number of nitrogens with one attached hydrogen (secondary N) is 1. The molecule has 1 aliphatic rings. The molecule has 0 radical (unpaired) electrons. The molecule has 1 fully saturated rings. The van der Waals surface area contributed by atoms with Crippen LogP contribution in [0.4, 0.5) is 0 Å². The van der Waals surface area contributed by atoms with Crippen molar-refractivity contribution < 1.29 is 9.59 Å². The monoisotopic (exact) mass is 288 g/mol. The summed E-state index contributed by atoms with van der Waals surface area (Å²) in [5.74, 6) is -0.102. The minimum atomic E-state index is -0.994. The van der Waals surface area contributed by atoms with E-state index in [2.05, 4.69) is 12.2 Å². The van der Waals surface area contributed by atoms with Crippen molar-refractivity contribution >= 4 is 11.8 Å². The number of hydrogen-bond acceptors (Lipinski definition) is 2. The molecule has 1 saturated heterocycles. The molecule has 0 spiro atoms. The zero-order chi connectivity index (χ0) is 15.6. The second-order valence-electron chi connectivity index (χ2n) is 6.06. The predicted molar refractivity (Wildman–Crippen MR) is 82.6 cm³/mol. The van der Waals surface area contributed by atoms with Crippen molar-refractivity contribution in [3.05, 3.63) is 35.9 Å². The Morgan fingerprint density at radius 1 is 1.33 bits per heavy atom. The topological polar surface area (TPSA) is 49.4 Å². The lowest BCUT2D eigenvalue weighted by molar-refractivity contribution is -0.142. The molecule has 0 aliphatic carbocycles. The summed E-state index contributed by atoms with van der Waals surface area (Å²) in [5, 5.41) is 2.93. The lowest BCUT2D eigenvalue weighted by atomic mass is 9.90. The Kier molecular flexibility index (Phi) is 4.35. The standard InChI is InChI=1S/C17H24N2O2/c1-5-12(2)19-13(3)11-15(20)18-17(4,16(19)21)14-9-7-6-8-10-14/h6-10,12-13H,5,11H2,1-4H3,(H,18,20). The molecular formula is C17H24N2O2. The van der Waals surface area contributed by atoms with E-state index in [4.69, 9.17) is 0 Å². The van der Waals surface area contributed by atoms with Gasteiger partial charge in [0.25, 0.3) is 5.91 Å². The lowest BCUT2D eigenvalue weighted by Gasteiger charge is -2.38. The van der Waals surface area contributed by atoms with Crippen LogP contribution in [0.5, 0.6) is 0 Å². The molecule has 114 valence electrons. The normalized spacial score (nSPS) is 28.0. The molecule has 1 aromatic carbocycles. The van der Waals surface area contributed by atoms with Crippen molar-refractivity contribution in [2.24, 2.45) is 0 Å². The Hall–Kier alpha value is -1.84. The Morgan fingerprint density at radius 2 is 1.95 bits per heavy atom. The fraction of sp³-hybridized carbons (Fsp3) is 0.529. The van der Waals surface area contributed by atoms with E-state index in [0.29, 0.717) is 6.42 Å². The molecule has 0 saturated carbocycles. The average Bonchev–Trinajstić information content (AvgIpc) is 2.55. The Balaban J connectivity index is 2.49. The molecule has 3 unspecified atom stereocenters. The minimum absolute atomic E-state index is 0.0265. The molecule has 1 aromatic rings. The van der Waals surface area contributed by atoms with Gasteiger partial charge in [0.05, 0.1) is 0 Å². The summed E-state index contributed by atoms with van der Waals surface area (Å²) in [7, 11) is 0. The Morgan fingerprint density at radius 3 is 2.52 bits per heavy atom. The van der Waals surface area contributed by atoms with Crippen molar-refractivity contribution in [2.75, 3.05) is 0 Å². The van der Waals surface area contributed by atoms with Gasteiger partial charge in [-0.15, -0.1) is 0 Å². The smallest absolute Gasteiger partial charge is 0.253 e. The van der Waals surface area contributed by atoms with Crippen LogP contribution < -0.4 is 5.32 Å². The van der Waals surface area contributed by atoms with Gasteiger partial charge >= 0.3 is 0 Å². The molecule has 4 nitrogen and oxygen atoms in total. The predicted octanol–water partition coefficient (Wildman–Crippen LogP) is 2.44. The summed E-state index contributed by atoms with van der Waals surface area (Å²) in [6, 6.07) is 9.50. The highest BCUT2D eigenvalue weighted by atomic mass is 16.2. The summed E-state index contributed by atoms with van der Waals surface area (Å²) in [6.45, 7) is 7.84. The molecule has 1 aliphatic heterocycles. The number of carbonyl (C=O) groups excluding carboxylic acids is 2. The third-order valence-corrected chi connectivity index (χ3v) is 4.42. The maximum absolute atomic E-state index is 13.1. The van der Waals surface area contributed by atoms with Crippen molar-refractivity contribution in [3.8, 4) is 0 Å². The SMILES string of the molecule is CCC(C)N1C(=O)C(C)(c2ccccc2)NC(=O)CC1C. The number of rotatable bonds is 3. The highest BCUT2D eigenvalue weighted by Gasteiger charge is 2.45. The summed E-state index contributed by atoms with van der Waals surface area (Å²) < 4.78 is 0. The van der Waals surface area contributed by atoms with Gasteiger partial charge in [-0.3, -0.25) is 9.59 Å². The first-order valence-corrected chi connectivity index (χ1v) is 7.59. The summed E-state index contributed by atoms with van der Waals surface area (Å²) in [5.41, 5.74) is -0.169. The van der Waals surface area contributed by atoms with E-state index in [9.17, 15) is 9.59 Å². The fourth-order valence-corrected chi connectivity index (χ4v) is 3.01. The van der Waals surface area contributed by atoms with Gasteiger partial charge in [0.15, 0.2) is 0 Å². The van der Waals surface area contributed by atoms with Gasteiger partial charge in [0, 0.05) is 18.5 Å². The molecular weight excluding hydrogens is 264 g/mol. The second kappa shape index (κ2) is 5.88. The molecule has 1 heterocycles. The molecule has 21 heavy (non-hydrogen) atoms. The quantitative estimate of drug-likeness (QED) is 0.928. The van der Waals surface area contributed by atoms with Crippen LogP contribution in [-0.2, 0) is 15.1 Å². The maximum Gasteiger partial charge on any atom is 0.253 e. The van der Waals surface area contributed by atoms with Crippen molar-refractivity contribution in [2.45, 2.75) is 58.2 Å². The zero-order valence-corrected chi connectivity index (χ0v) is 13.2. The fourth-order valence-electron chi connectivity index (χ4n) is 3.01. The minimum Gasteiger partial charge on any atom is -0.338 e. The lowest BCUT2D eigenvalue weighted by Crippen LogP contribution is -2.55. The molecule has 2 rings (SSSR count). The Labute approximate surface area is 126 Å². The second-order valence-corrected chi connectivity index (χ2v) is 6.06. The highest BCUT2D eigenvalue weighted by Crippen LogP contribution is 2.29. The van der Waals surface area contributed by atoms with Crippen LogP contribution >= 0.6 is 0 Å². The third kappa shape index (κ3) is 2.80. The highest BCUT2D eigenvalue weighted by molar-refractivity contribution is 5.94. The van der Waals surface area contributed by atoms with Gasteiger partial charge in [-0.1, -0.05) is 37.3 Å². The molecule has 3 atom stereocenters. The van der Waals surface area contributed by atoms with Crippen LogP contribution in [0, 0.1) is 0 Å². The summed E-state index contributed by atoms with van der Waals surface area (Å²) in [4.78, 5) is 27.2. The van der Waals surface area contributed by atoms with Crippen molar-refractivity contribution in [1.29, 1.82) is 0 Å². The van der Waals surface area contributed by atoms with Crippen LogP contribution in [0.2, 0.25) is 0 Å². The van der Waals surface area contributed by atoms with E-state index in [1.165, 1.54) is 0 Å². The van der Waals surface area contributed by atoms with Gasteiger partial charge in [-0.25, -0.2) is 0 Å². The first-order chi connectivity index (χ1) is 9.90. The number of benzene rings is 1. The number of amides is 2. The Bertz CT molecular complexity index is 529. The van der Waals surface area contributed by atoms with Crippen LogP contribution in [-0.4, -0.2) is 28.8 Å². The van der Waals surface area contributed by atoms with Crippen molar-refractivity contribution in [1.82, 2.24) is 10.2 Å². The number of nitrogens with zero attached hydrogens (tertiary/aromatic N) is 1. The molecule has 0 aromatic heterocycles. The maximum atomic E-state index is 13.1. The van der Waals surface area contributed by atoms with Crippen LogP contribution in [0.3, 0.4) is 0 Å². The van der Waals surface area contributed by atoms with E-state index in [1.807, 2.05) is 49.1 Å². The van der Waals surface area contributed by atoms with Crippen LogP contribution in [0.25, 0.3) is 0 Å². The molecule has 2 amide bonds. The average molecular weight is 288 g/mol. The van der Waals surface area contributed by atoms with E-state index < -0.39 is 5.54 Å². The van der Waals surface area contributed by atoms with Gasteiger partial charge < -0.3 is 10.2 Å². The van der Waals surface area contributed by atoms with E-state index in [0.717, 1.165) is 12.0 Å². The summed E-state index contributed by atoms with van der Waals surface area (Å²) in [6.07, 6.45) is 1.22. The van der Waals surface area contributed by atoms with Gasteiger partial charge in [-0.05, 0) is 32.8 Å². The van der Waals surface area contributed by atoms with E-state index in [-0.39, 0.29) is 23.9 Å². The van der Waals surface area contributed by atoms with Crippen LogP contribution in [0.1, 0.15) is 46.1 Å². The largest absolute Gasteiger partial charge is 0.338 e. The van der Waals surface area contributed by atoms with E-state index in [1.54, 1.807) is 6.92 Å². The van der Waals surface area contributed by atoms with Gasteiger partial charge in [0.1, 0.15) is 5.54 Å². The zero-order valence-electron chi connectivity index (χ0n) is 13.2. The van der Waals surface area contributed by atoms with Gasteiger partial charge in [0.2, 0.25) is 5.91 Å². The molecule has 4 heteroatoms. The molecule has 1 N–H and O–H groups in total. The first kappa shape index (κ1) is 15.5. The number of carbonyl (C=O) groups is 2. The van der Waals surface area contributed by atoms with E-state index >= 15 is 0 Å². The first-order valence-electron chi connectivity index (χ1n) is 7.59. The summed E-state index contributed by atoms with van der Waals surface area (Å²) >= 11 is 0. The van der Waals surface area contributed by atoms with Crippen LogP contribution in [0.15, 0.2) is 30.3 Å². The van der Waals surface area contributed by atoms with Crippen molar-refractivity contribution in [3.63, 3.8) is 0 Å².